The summed E-state index contributed by atoms with van der Waals surface area (Å²) >= 11 is 0. The number of pyridine rings is 1. The van der Waals surface area contributed by atoms with Gasteiger partial charge in [0, 0.05) is 37.9 Å². The first kappa shape index (κ1) is 30.5. The molecule has 0 radical (unpaired) electrons. The molecule has 0 aliphatic carbocycles. The zero-order valence-electron chi connectivity index (χ0n) is 24.7. The lowest BCUT2D eigenvalue weighted by Crippen LogP contribution is -2.41. The summed E-state index contributed by atoms with van der Waals surface area (Å²) in [5.41, 5.74) is 26.0. The highest BCUT2D eigenvalue weighted by molar-refractivity contribution is 6.74. The molecular weight excluding hydrogens is 554 g/mol. The number of nitrogens with two attached hydrogens (primary N) is 4. The van der Waals surface area contributed by atoms with Gasteiger partial charge in [0.25, 0.3) is 0 Å². The number of nitrogen functional groups attached to an aromatic ring is 2. The lowest BCUT2D eigenvalue weighted by atomic mass is 10.1. The minimum absolute atomic E-state index is 0.120. The number of aromatic nitrogens is 5. The van der Waals surface area contributed by atoms with E-state index in [2.05, 4.69) is 48.8 Å². The lowest BCUT2D eigenvalue weighted by molar-refractivity contribution is 0.0991. The zero-order chi connectivity index (χ0) is 30.8. The van der Waals surface area contributed by atoms with Crippen molar-refractivity contribution in [3.05, 3.63) is 47.7 Å². The molecule has 3 aromatic heterocycles. The lowest BCUT2D eigenvalue weighted by Gasteiger charge is -2.36. The zero-order valence-corrected chi connectivity index (χ0v) is 25.7. The van der Waals surface area contributed by atoms with Crippen LogP contribution in [0.4, 0.5) is 11.9 Å². The number of rotatable bonds is 12. The van der Waals surface area contributed by atoms with Crippen LogP contribution < -0.4 is 27.7 Å². The average Bonchev–Trinajstić information content (AvgIpc) is 3.39. The van der Waals surface area contributed by atoms with E-state index in [4.69, 9.17) is 32.1 Å². The van der Waals surface area contributed by atoms with Gasteiger partial charge >= 0.3 is 0 Å². The van der Waals surface area contributed by atoms with Gasteiger partial charge in [-0.2, -0.15) is 0 Å². The van der Waals surface area contributed by atoms with Crippen LogP contribution in [0.25, 0.3) is 22.2 Å². The van der Waals surface area contributed by atoms with E-state index in [1.807, 2.05) is 12.2 Å². The van der Waals surface area contributed by atoms with Crippen molar-refractivity contribution in [1.82, 2.24) is 24.1 Å². The second-order valence-electron chi connectivity index (χ2n) is 11.6. The molecule has 8 N–H and O–H groups in total. The van der Waals surface area contributed by atoms with Crippen LogP contribution in [0.5, 0.6) is 5.75 Å². The number of carbonyl (C=O) groups excluding carboxylic acids is 2. The van der Waals surface area contributed by atoms with Crippen LogP contribution >= 0.6 is 0 Å². The van der Waals surface area contributed by atoms with Crippen LogP contribution in [0.1, 0.15) is 47.9 Å². The predicted octanol–water partition coefficient (Wildman–Crippen LogP) is 3.19. The van der Waals surface area contributed by atoms with E-state index in [9.17, 15) is 9.59 Å². The Morgan fingerprint density at radius 1 is 0.905 bits per heavy atom. The predicted molar refractivity (Wildman–Crippen MR) is 166 cm³/mol. The number of amides is 2. The molecule has 13 nitrogen and oxygen atoms in total. The van der Waals surface area contributed by atoms with E-state index in [0.29, 0.717) is 60.7 Å². The molecule has 2 amide bonds. The van der Waals surface area contributed by atoms with Gasteiger partial charge in [0.2, 0.25) is 23.7 Å². The first-order chi connectivity index (χ1) is 19.7. The van der Waals surface area contributed by atoms with E-state index in [1.165, 1.54) is 6.20 Å². The van der Waals surface area contributed by atoms with E-state index in [1.54, 1.807) is 27.3 Å². The molecule has 0 aliphatic heterocycles. The van der Waals surface area contributed by atoms with Gasteiger partial charge in [0.1, 0.15) is 16.8 Å². The molecule has 0 atom stereocenters. The third-order valence-corrected chi connectivity index (χ3v) is 12.1. The number of nitrogens with zero attached hydrogens (tertiary/aromatic N) is 5. The maximum Gasteiger partial charge on any atom is 0.250 e. The second-order valence-corrected chi connectivity index (χ2v) is 16.4. The molecule has 0 bridgehead atoms. The Morgan fingerprint density at radius 2 is 1.50 bits per heavy atom. The second kappa shape index (κ2) is 11.8. The number of benzene rings is 1. The highest BCUT2D eigenvalue weighted by atomic mass is 28.4. The summed E-state index contributed by atoms with van der Waals surface area (Å²) in [7, 11) is -1.86. The largest absolute Gasteiger partial charge is 0.491 e. The first-order valence-electron chi connectivity index (χ1n) is 13.6. The van der Waals surface area contributed by atoms with Gasteiger partial charge in [-0.1, -0.05) is 32.9 Å². The molecule has 3 heterocycles. The van der Waals surface area contributed by atoms with Gasteiger partial charge in [-0.3, -0.25) is 14.2 Å². The van der Waals surface area contributed by atoms with Gasteiger partial charge in [-0.05, 0) is 36.3 Å². The summed E-state index contributed by atoms with van der Waals surface area (Å²) in [5.74, 6) is -0.198. The molecule has 0 fully saturated rings. The summed E-state index contributed by atoms with van der Waals surface area (Å²) in [6.45, 7) is 12.7. The number of fused-ring (bicyclic) bond motifs is 2. The topological polar surface area (TPSA) is 205 Å². The summed E-state index contributed by atoms with van der Waals surface area (Å²) in [6.07, 6.45) is 5.86. The van der Waals surface area contributed by atoms with Crippen LogP contribution in [0.15, 0.2) is 36.5 Å². The van der Waals surface area contributed by atoms with Gasteiger partial charge < -0.3 is 36.7 Å². The number of allylic oxidation sites excluding steroid dienone is 2. The number of anilines is 2. The monoisotopic (exact) mass is 593 g/mol. The SMILES string of the molecule is CC(C)(C)[Si](C)(C)OCCCOc1cc(C(N)=O)cc2nc(N)n(C/C=C/Cn3c(N)nc4cc(C(N)=O)cnc43)c12. The highest BCUT2D eigenvalue weighted by Gasteiger charge is 2.36. The van der Waals surface area contributed by atoms with Crippen LogP contribution in [-0.4, -0.2) is 57.4 Å². The minimum Gasteiger partial charge on any atom is -0.491 e. The molecule has 4 rings (SSSR count). The van der Waals surface area contributed by atoms with E-state index in [-0.39, 0.29) is 28.1 Å². The number of hydrogen-bond donors (Lipinski definition) is 4. The number of carbonyl (C=O) groups is 2. The molecule has 4 aromatic rings. The van der Waals surface area contributed by atoms with Gasteiger partial charge in [0.05, 0.1) is 17.7 Å². The highest BCUT2D eigenvalue weighted by Crippen LogP contribution is 2.36. The number of imidazole rings is 2. The van der Waals surface area contributed by atoms with Gasteiger partial charge in [-0.15, -0.1) is 0 Å². The normalized spacial score (nSPS) is 12.5. The molecule has 14 heteroatoms. The average molecular weight is 594 g/mol. The molecular formula is C28H39N9O4Si. The minimum atomic E-state index is -1.86. The van der Waals surface area contributed by atoms with Crippen molar-refractivity contribution in [2.24, 2.45) is 11.5 Å². The molecule has 0 spiro atoms. The molecule has 224 valence electrons. The van der Waals surface area contributed by atoms with Crippen molar-refractivity contribution in [3.8, 4) is 5.75 Å². The van der Waals surface area contributed by atoms with Crippen molar-refractivity contribution in [1.29, 1.82) is 0 Å². The van der Waals surface area contributed by atoms with E-state index >= 15 is 0 Å². The number of primary amides is 2. The molecule has 1 aromatic carbocycles. The summed E-state index contributed by atoms with van der Waals surface area (Å²) in [6, 6.07) is 4.78. The summed E-state index contributed by atoms with van der Waals surface area (Å²) < 4.78 is 15.9. The van der Waals surface area contributed by atoms with Crippen molar-refractivity contribution in [2.45, 2.75) is 58.4 Å². The molecule has 0 unspecified atom stereocenters. The van der Waals surface area contributed by atoms with Crippen LogP contribution in [-0.2, 0) is 17.5 Å². The fourth-order valence-corrected chi connectivity index (χ4v) is 5.26. The molecule has 0 aliphatic rings. The first-order valence-corrected chi connectivity index (χ1v) is 16.5. The Morgan fingerprint density at radius 3 is 2.14 bits per heavy atom. The Balaban J connectivity index is 1.51. The standard InChI is InChI=1S/C28H39N9O4Si/c1-28(2,3)42(4,5)41-12-8-11-40-21-15-17(23(29)38)13-19-22(21)36(26(31)34-19)9-6-7-10-37-25-20(35-27(37)32)14-18(16-33-25)24(30)39/h6-7,13-16H,8-12H2,1-5H3,(H2,29,38)(H2,30,39)(H2,31,34)(H2,32,35)/b7-6+. The van der Waals surface area contributed by atoms with Crippen molar-refractivity contribution in [2.75, 3.05) is 24.7 Å². The third kappa shape index (κ3) is 6.39. The molecule has 42 heavy (non-hydrogen) atoms. The molecule has 0 saturated carbocycles. The van der Waals surface area contributed by atoms with Crippen molar-refractivity contribution < 1.29 is 18.8 Å². The molecule has 0 saturated heterocycles. The van der Waals surface area contributed by atoms with Gasteiger partial charge in [-0.25, -0.2) is 15.0 Å². The fraction of sp³-hybridized carbons (Fsp3) is 0.393. The third-order valence-electron chi connectivity index (χ3n) is 7.58. The maximum atomic E-state index is 12.0. The quantitative estimate of drug-likeness (QED) is 0.108. The van der Waals surface area contributed by atoms with Crippen LogP contribution in [0.3, 0.4) is 0 Å². The number of ether oxygens (including phenoxy) is 1. The Bertz CT molecular complexity index is 1670. The van der Waals surface area contributed by atoms with Crippen LogP contribution in [0.2, 0.25) is 18.1 Å². The fourth-order valence-electron chi connectivity index (χ4n) is 4.17. The summed E-state index contributed by atoms with van der Waals surface area (Å²) in [5, 5.41) is 0.120. The maximum absolute atomic E-state index is 12.0. The number of hydrogen-bond acceptors (Lipinski definition) is 9. The van der Waals surface area contributed by atoms with Crippen LogP contribution in [0, 0.1) is 0 Å². The smallest absolute Gasteiger partial charge is 0.250 e. The van der Waals surface area contributed by atoms with E-state index < -0.39 is 20.1 Å². The van der Waals surface area contributed by atoms with Crippen molar-refractivity contribution >= 4 is 54.2 Å². The van der Waals surface area contributed by atoms with Gasteiger partial charge in [0.15, 0.2) is 14.0 Å². The Labute approximate surface area is 245 Å². The van der Waals surface area contributed by atoms with Crippen molar-refractivity contribution in [3.63, 3.8) is 0 Å². The Kier molecular flexibility index (Phi) is 8.59. The Hall–Kier alpha value is -4.43. The van der Waals surface area contributed by atoms with E-state index in [0.717, 1.165) is 0 Å². The summed E-state index contributed by atoms with van der Waals surface area (Å²) in [4.78, 5) is 36.5.